The van der Waals surface area contributed by atoms with E-state index < -0.39 is 5.00 Å². The number of rotatable bonds is 1. The molecule has 6 heteroatoms. The number of nitrogens with zero attached hydrogens (tertiary/aromatic N) is 2. The van der Waals surface area contributed by atoms with Crippen molar-refractivity contribution in [2.24, 2.45) is 10.7 Å². The molecule has 1 aromatic rings. The molecule has 18 heavy (non-hydrogen) atoms. The molecule has 3 N–H and O–H groups in total. The zero-order valence-electron chi connectivity index (χ0n) is 9.74. The highest BCUT2D eigenvalue weighted by Gasteiger charge is 2.42. The molecule has 1 atom stereocenters. The molecule has 0 aromatic heterocycles. The highest BCUT2D eigenvalue weighted by Crippen LogP contribution is 2.44. The number of halogens is 2. The molecular weight excluding hydrogens is 316 g/mol. The van der Waals surface area contributed by atoms with Crippen molar-refractivity contribution >= 4 is 39.1 Å². The van der Waals surface area contributed by atoms with Crippen molar-refractivity contribution < 1.29 is 0 Å². The third kappa shape index (κ3) is 1.58. The Morgan fingerprint density at radius 1 is 1.56 bits per heavy atom. The lowest BCUT2D eigenvalue weighted by Gasteiger charge is -2.31. The van der Waals surface area contributed by atoms with E-state index in [9.17, 15) is 0 Å². The number of hydrogen-bond donors (Lipinski definition) is 2. The predicted molar refractivity (Wildman–Crippen MR) is 76.6 cm³/mol. The van der Waals surface area contributed by atoms with Gasteiger partial charge in [-0.05, 0) is 25.1 Å². The SMILES string of the molecule is CCN1NC=C2C1=Nc1ccc(Br)cc1C2(N)Cl. The molecule has 2 aliphatic rings. The van der Waals surface area contributed by atoms with Crippen LogP contribution in [-0.2, 0) is 5.00 Å². The van der Waals surface area contributed by atoms with Crippen molar-refractivity contribution in [3.63, 3.8) is 0 Å². The van der Waals surface area contributed by atoms with Gasteiger partial charge in [0.2, 0.25) is 0 Å². The fourth-order valence-electron chi connectivity index (χ4n) is 2.20. The van der Waals surface area contributed by atoms with Gasteiger partial charge >= 0.3 is 0 Å². The Kier molecular flexibility index (Phi) is 2.66. The van der Waals surface area contributed by atoms with E-state index in [1.165, 1.54) is 0 Å². The lowest BCUT2D eigenvalue weighted by atomic mass is 9.94. The largest absolute Gasteiger partial charge is 0.305 e. The maximum Gasteiger partial charge on any atom is 0.155 e. The van der Waals surface area contributed by atoms with E-state index >= 15 is 0 Å². The van der Waals surface area contributed by atoms with Gasteiger partial charge in [0.15, 0.2) is 5.84 Å². The summed E-state index contributed by atoms with van der Waals surface area (Å²) in [7, 11) is 0. The molecule has 0 amide bonds. The summed E-state index contributed by atoms with van der Waals surface area (Å²) in [5, 5.41) is 1.92. The van der Waals surface area contributed by atoms with Crippen LogP contribution in [0.5, 0.6) is 0 Å². The first kappa shape index (κ1) is 12.0. The summed E-state index contributed by atoms with van der Waals surface area (Å²) in [6.07, 6.45) is 1.82. The lowest BCUT2D eigenvalue weighted by molar-refractivity contribution is 0.391. The highest BCUT2D eigenvalue weighted by molar-refractivity contribution is 9.10. The van der Waals surface area contributed by atoms with E-state index in [2.05, 4.69) is 26.3 Å². The Morgan fingerprint density at radius 3 is 3.06 bits per heavy atom. The Labute approximate surface area is 119 Å². The van der Waals surface area contributed by atoms with Crippen LogP contribution in [0, 0.1) is 0 Å². The molecule has 94 valence electrons. The highest BCUT2D eigenvalue weighted by atomic mass is 79.9. The minimum atomic E-state index is -1.05. The van der Waals surface area contributed by atoms with Crippen molar-refractivity contribution in [1.82, 2.24) is 10.4 Å². The maximum absolute atomic E-state index is 6.54. The van der Waals surface area contributed by atoms with E-state index in [1.807, 2.05) is 36.3 Å². The molecule has 3 rings (SSSR count). The van der Waals surface area contributed by atoms with Crippen molar-refractivity contribution in [2.45, 2.75) is 11.9 Å². The van der Waals surface area contributed by atoms with Crippen LogP contribution in [-0.4, -0.2) is 17.4 Å². The van der Waals surface area contributed by atoms with Crippen molar-refractivity contribution in [3.05, 3.63) is 40.0 Å². The normalized spacial score (nSPS) is 25.0. The van der Waals surface area contributed by atoms with Gasteiger partial charge in [-0.3, -0.25) is 5.01 Å². The van der Waals surface area contributed by atoms with Crippen LogP contribution in [0.15, 0.2) is 39.4 Å². The van der Waals surface area contributed by atoms with Crippen molar-refractivity contribution in [1.29, 1.82) is 0 Å². The second kappa shape index (κ2) is 3.98. The van der Waals surface area contributed by atoms with Crippen molar-refractivity contribution in [3.8, 4) is 0 Å². The van der Waals surface area contributed by atoms with Gasteiger partial charge in [-0.1, -0.05) is 27.5 Å². The Bertz CT molecular complexity index is 579. The average Bonchev–Trinajstić information content (AvgIpc) is 2.74. The van der Waals surface area contributed by atoms with E-state index in [-0.39, 0.29) is 0 Å². The van der Waals surface area contributed by atoms with Gasteiger partial charge in [0, 0.05) is 22.8 Å². The number of hydrogen-bond acceptors (Lipinski definition) is 4. The van der Waals surface area contributed by atoms with Crippen LogP contribution in [0.4, 0.5) is 5.69 Å². The molecular formula is C12H12BrClN4. The Hall–Kier alpha value is -1.04. The summed E-state index contributed by atoms with van der Waals surface area (Å²) in [5.74, 6) is 0.796. The number of nitrogens with one attached hydrogen (secondary N) is 1. The van der Waals surface area contributed by atoms with Gasteiger partial charge in [0.25, 0.3) is 0 Å². The van der Waals surface area contributed by atoms with Crippen LogP contribution < -0.4 is 11.2 Å². The summed E-state index contributed by atoms with van der Waals surface area (Å²) in [5.41, 5.74) is 11.8. The smallest absolute Gasteiger partial charge is 0.155 e. The fraction of sp³-hybridized carbons (Fsp3) is 0.250. The summed E-state index contributed by atoms with van der Waals surface area (Å²) < 4.78 is 0.939. The number of likely N-dealkylation sites (N-methyl/N-ethyl adjacent to an activating group) is 1. The Balaban J connectivity index is 2.22. The third-order valence-corrected chi connectivity index (χ3v) is 4.05. The third-order valence-electron chi connectivity index (χ3n) is 3.15. The summed E-state index contributed by atoms with van der Waals surface area (Å²) in [6.45, 7) is 2.83. The Morgan fingerprint density at radius 2 is 2.33 bits per heavy atom. The first-order valence-corrected chi connectivity index (χ1v) is 6.82. The second-order valence-corrected chi connectivity index (χ2v) is 5.75. The maximum atomic E-state index is 6.54. The van der Waals surface area contributed by atoms with E-state index in [1.54, 1.807) is 0 Å². The molecule has 0 radical (unpaired) electrons. The zero-order chi connectivity index (χ0) is 12.9. The molecule has 0 bridgehead atoms. The first-order chi connectivity index (χ1) is 8.54. The molecule has 0 spiro atoms. The quantitative estimate of drug-likeness (QED) is 0.616. The number of hydrazine groups is 1. The molecule has 1 unspecified atom stereocenters. The van der Waals surface area contributed by atoms with Crippen LogP contribution in [0.1, 0.15) is 12.5 Å². The van der Waals surface area contributed by atoms with Crippen molar-refractivity contribution in [2.75, 3.05) is 6.54 Å². The van der Waals surface area contributed by atoms with Gasteiger partial charge in [0.05, 0.1) is 11.3 Å². The molecule has 0 aliphatic carbocycles. The lowest BCUT2D eigenvalue weighted by Crippen LogP contribution is -2.42. The zero-order valence-corrected chi connectivity index (χ0v) is 12.1. The van der Waals surface area contributed by atoms with Gasteiger partial charge in [-0.25, -0.2) is 4.99 Å². The van der Waals surface area contributed by atoms with Crippen LogP contribution >= 0.6 is 27.5 Å². The predicted octanol–water partition coefficient (Wildman–Crippen LogP) is 2.57. The molecule has 2 heterocycles. The first-order valence-electron chi connectivity index (χ1n) is 5.65. The molecule has 1 aromatic carbocycles. The van der Waals surface area contributed by atoms with Gasteiger partial charge in [-0.15, -0.1) is 0 Å². The number of benzene rings is 1. The standard InChI is InChI=1S/C12H12BrClN4/c1-2-18-11-9(6-16-18)12(14,15)8-5-7(13)3-4-10(8)17-11/h3-6,16H,2,15H2,1H3. The van der Waals surface area contributed by atoms with Crippen LogP contribution in [0.3, 0.4) is 0 Å². The fourth-order valence-corrected chi connectivity index (χ4v) is 2.85. The van der Waals surface area contributed by atoms with Gasteiger partial charge < -0.3 is 11.2 Å². The number of aliphatic imine (C=N–C) groups is 1. The average molecular weight is 328 g/mol. The monoisotopic (exact) mass is 326 g/mol. The minimum Gasteiger partial charge on any atom is -0.305 e. The molecule has 0 saturated heterocycles. The van der Waals surface area contributed by atoms with Crippen LogP contribution in [0.25, 0.3) is 0 Å². The van der Waals surface area contributed by atoms with Gasteiger partial charge in [-0.2, -0.15) is 0 Å². The number of alkyl halides is 1. The summed E-state index contributed by atoms with van der Waals surface area (Å²) >= 11 is 9.97. The second-order valence-electron chi connectivity index (χ2n) is 4.24. The summed E-state index contributed by atoms with van der Waals surface area (Å²) in [4.78, 5) is 3.57. The minimum absolute atomic E-state index is 0.789. The molecule has 0 saturated carbocycles. The number of amidine groups is 1. The molecule has 4 nitrogen and oxygen atoms in total. The van der Waals surface area contributed by atoms with Crippen LogP contribution in [0.2, 0.25) is 0 Å². The molecule has 2 aliphatic heterocycles. The van der Waals surface area contributed by atoms with E-state index in [0.717, 1.165) is 33.7 Å². The van der Waals surface area contributed by atoms with Gasteiger partial charge in [0.1, 0.15) is 5.00 Å². The number of fused-ring (bicyclic) bond motifs is 2. The van der Waals surface area contributed by atoms with E-state index in [4.69, 9.17) is 17.3 Å². The van der Waals surface area contributed by atoms with E-state index in [0.29, 0.717) is 0 Å². The number of nitrogens with two attached hydrogens (primary N) is 1. The topological polar surface area (TPSA) is 53.6 Å². The summed E-state index contributed by atoms with van der Waals surface area (Å²) in [6, 6.07) is 5.76. The molecule has 0 fully saturated rings.